The van der Waals surface area contributed by atoms with E-state index in [2.05, 4.69) is 15.3 Å². The minimum atomic E-state index is 0.836. The second kappa shape index (κ2) is 2.92. The van der Waals surface area contributed by atoms with Crippen LogP contribution >= 0.6 is 11.3 Å². The van der Waals surface area contributed by atoms with Gasteiger partial charge in [0.05, 0.1) is 5.69 Å². The first-order valence-corrected chi connectivity index (χ1v) is 4.82. The highest BCUT2D eigenvalue weighted by Crippen LogP contribution is 2.15. The molecule has 0 saturated heterocycles. The lowest BCUT2D eigenvalue weighted by Gasteiger charge is -1.95. The maximum Gasteiger partial charge on any atom is 0.233 e. The van der Waals surface area contributed by atoms with Crippen molar-refractivity contribution < 1.29 is 0 Å². The van der Waals surface area contributed by atoms with Crippen molar-refractivity contribution in [2.45, 2.75) is 20.8 Å². The van der Waals surface area contributed by atoms with Crippen molar-refractivity contribution in [3.63, 3.8) is 0 Å². The molecular formula is C8H10N4S. The molecule has 0 saturated carbocycles. The van der Waals surface area contributed by atoms with Gasteiger partial charge in [-0.1, -0.05) is 11.3 Å². The third-order valence-corrected chi connectivity index (χ3v) is 2.52. The number of hydrogen-bond donors (Lipinski definition) is 0. The molecule has 2 heterocycles. The van der Waals surface area contributed by atoms with Crippen molar-refractivity contribution in [3.8, 4) is 5.13 Å². The van der Waals surface area contributed by atoms with Gasteiger partial charge in [0.2, 0.25) is 5.13 Å². The molecule has 0 atom stereocenters. The van der Waals surface area contributed by atoms with E-state index in [9.17, 15) is 0 Å². The van der Waals surface area contributed by atoms with Crippen LogP contribution in [0.5, 0.6) is 0 Å². The summed E-state index contributed by atoms with van der Waals surface area (Å²) in [6.07, 6.45) is 0. The molecule has 0 unspecified atom stereocenters. The number of aryl methyl sites for hydroxylation is 3. The van der Waals surface area contributed by atoms with E-state index in [-0.39, 0.29) is 0 Å². The Morgan fingerprint density at radius 2 is 2.00 bits per heavy atom. The summed E-state index contributed by atoms with van der Waals surface area (Å²) in [5, 5.41) is 14.1. The van der Waals surface area contributed by atoms with Crippen LogP contribution in [0.25, 0.3) is 5.13 Å². The lowest BCUT2D eigenvalue weighted by molar-refractivity contribution is 0.806. The zero-order valence-corrected chi connectivity index (χ0v) is 8.59. The van der Waals surface area contributed by atoms with Crippen LogP contribution in [0, 0.1) is 20.8 Å². The van der Waals surface area contributed by atoms with Gasteiger partial charge in [0.15, 0.2) is 0 Å². The van der Waals surface area contributed by atoms with Gasteiger partial charge in [0.1, 0.15) is 5.01 Å². The molecule has 0 amide bonds. The molecule has 2 aromatic rings. The predicted molar refractivity (Wildman–Crippen MR) is 51.2 cm³/mol. The zero-order chi connectivity index (χ0) is 9.42. The first-order valence-electron chi connectivity index (χ1n) is 4.00. The van der Waals surface area contributed by atoms with E-state index in [1.54, 1.807) is 11.3 Å². The Labute approximate surface area is 80.2 Å². The average molecular weight is 194 g/mol. The van der Waals surface area contributed by atoms with Crippen molar-refractivity contribution in [2.75, 3.05) is 0 Å². The van der Waals surface area contributed by atoms with E-state index in [0.29, 0.717) is 0 Å². The minimum absolute atomic E-state index is 0.836. The lowest BCUT2D eigenvalue weighted by atomic mass is 10.4. The summed E-state index contributed by atoms with van der Waals surface area (Å²) >= 11 is 1.55. The Kier molecular flexibility index (Phi) is 1.88. The van der Waals surface area contributed by atoms with Crippen molar-refractivity contribution in [1.82, 2.24) is 20.0 Å². The Bertz CT molecular complexity index is 429. The van der Waals surface area contributed by atoms with Crippen LogP contribution < -0.4 is 0 Å². The molecule has 0 aliphatic carbocycles. The first-order chi connectivity index (χ1) is 6.16. The van der Waals surface area contributed by atoms with Crippen LogP contribution in [0.2, 0.25) is 0 Å². The fraction of sp³-hybridized carbons (Fsp3) is 0.375. The molecule has 68 valence electrons. The van der Waals surface area contributed by atoms with Gasteiger partial charge in [-0.25, -0.2) is 4.68 Å². The van der Waals surface area contributed by atoms with E-state index in [4.69, 9.17) is 0 Å². The van der Waals surface area contributed by atoms with Gasteiger partial charge >= 0.3 is 0 Å². The normalized spacial score (nSPS) is 10.7. The van der Waals surface area contributed by atoms with Crippen molar-refractivity contribution in [3.05, 3.63) is 22.5 Å². The Balaban J connectivity index is 2.51. The molecule has 2 aromatic heterocycles. The molecular weight excluding hydrogens is 184 g/mol. The molecule has 0 N–H and O–H groups in total. The molecule has 0 aliphatic heterocycles. The first kappa shape index (κ1) is 8.37. The van der Waals surface area contributed by atoms with Crippen LogP contribution in [0.1, 0.15) is 16.4 Å². The summed E-state index contributed by atoms with van der Waals surface area (Å²) in [5.41, 5.74) is 2.10. The maximum absolute atomic E-state index is 4.32. The van der Waals surface area contributed by atoms with Gasteiger partial charge in [-0.2, -0.15) is 5.10 Å². The molecule has 0 bridgehead atoms. The Hall–Kier alpha value is -1.23. The molecule has 5 heteroatoms. The van der Waals surface area contributed by atoms with Crippen LogP contribution in [-0.2, 0) is 0 Å². The summed E-state index contributed by atoms with van der Waals surface area (Å²) in [7, 11) is 0. The van der Waals surface area contributed by atoms with Crippen LogP contribution in [-0.4, -0.2) is 20.0 Å². The molecule has 0 radical (unpaired) electrons. The molecule has 4 nitrogen and oxygen atoms in total. The molecule has 13 heavy (non-hydrogen) atoms. The quantitative estimate of drug-likeness (QED) is 0.693. The highest BCUT2D eigenvalue weighted by molar-refractivity contribution is 7.13. The second-order valence-electron chi connectivity index (χ2n) is 2.94. The SMILES string of the molecule is Cc1cc(C)n(-c2nnc(C)s2)n1. The van der Waals surface area contributed by atoms with E-state index in [1.165, 1.54) is 0 Å². The smallest absolute Gasteiger partial charge is 0.209 e. The van der Waals surface area contributed by atoms with Crippen LogP contribution in [0.3, 0.4) is 0 Å². The maximum atomic E-state index is 4.32. The highest BCUT2D eigenvalue weighted by atomic mass is 32.1. The van der Waals surface area contributed by atoms with E-state index < -0.39 is 0 Å². The summed E-state index contributed by atoms with van der Waals surface area (Å²) in [4.78, 5) is 0. The molecule has 0 aliphatic rings. The fourth-order valence-corrected chi connectivity index (χ4v) is 1.89. The number of aromatic nitrogens is 4. The summed E-state index contributed by atoms with van der Waals surface area (Å²) in [6.45, 7) is 5.92. The lowest BCUT2D eigenvalue weighted by Crippen LogP contribution is -1.97. The van der Waals surface area contributed by atoms with Crippen LogP contribution in [0.15, 0.2) is 6.07 Å². The van der Waals surface area contributed by atoms with Gasteiger partial charge in [-0.3, -0.25) is 0 Å². The van der Waals surface area contributed by atoms with Crippen molar-refractivity contribution in [1.29, 1.82) is 0 Å². The largest absolute Gasteiger partial charge is 0.233 e. The standard InChI is InChI=1S/C8H10N4S/c1-5-4-6(2)12(11-5)8-10-9-7(3)13-8/h4H,1-3H3. The van der Waals surface area contributed by atoms with Gasteiger partial charge in [0.25, 0.3) is 0 Å². The minimum Gasteiger partial charge on any atom is -0.209 e. The fourth-order valence-electron chi connectivity index (χ4n) is 1.19. The van der Waals surface area contributed by atoms with Crippen LogP contribution in [0.4, 0.5) is 0 Å². The van der Waals surface area contributed by atoms with E-state index in [0.717, 1.165) is 21.5 Å². The average Bonchev–Trinajstić information content (AvgIpc) is 2.58. The van der Waals surface area contributed by atoms with Crippen molar-refractivity contribution >= 4 is 11.3 Å². The van der Waals surface area contributed by atoms with Gasteiger partial charge in [0, 0.05) is 5.69 Å². The third kappa shape index (κ3) is 1.47. The topological polar surface area (TPSA) is 43.6 Å². The second-order valence-corrected chi connectivity index (χ2v) is 4.10. The van der Waals surface area contributed by atoms with Gasteiger partial charge in [-0.15, -0.1) is 10.2 Å². The molecule has 0 spiro atoms. The monoisotopic (exact) mass is 194 g/mol. The predicted octanol–water partition coefficient (Wildman–Crippen LogP) is 1.65. The highest BCUT2D eigenvalue weighted by Gasteiger charge is 2.07. The van der Waals surface area contributed by atoms with Gasteiger partial charge in [-0.05, 0) is 26.8 Å². The molecule has 2 rings (SSSR count). The number of hydrogen-bond acceptors (Lipinski definition) is 4. The van der Waals surface area contributed by atoms with E-state index in [1.807, 2.05) is 31.5 Å². The number of rotatable bonds is 1. The Morgan fingerprint density at radius 1 is 1.23 bits per heavy atom. The third-order valence-electron chi connectivity index (χ3n) is 1.71. The zero-order valence-electron chi connectivity index (χ0n) is 7.77. The van der Waals surface area contributed by atoms with Gasteiger partial charge < -0.3 is 0 Å². The summed E-state index contributed by atoms with van der Waals surface area (Å²) < 4.78 is 1.82. The Morgan fingerprint density at radius 3 is 2.46 bits per heavy atom. The van der Waals surface area contributed by atoms with Crippen molar-refractivity contribution in [2.24, 2.45) is 0 Å². The molecule has 0 aromatic carbocycles. The number of nitrogens with zero attached hydrogens (tertiary/aromatic N) is 4. The molecule has 0 fully saturated rings. The summed E-state index contributed by atoms with van der Waals surface area (Å²) in [6, 6.07) is 2.02. The summed E-state index contributed by atoms with van der Waals surface area (Å²) in [5.74, 6) is 0. The van der Waals surface area contributed by atoms with E-state index >= 15 is 0 Å².